The Morgan fingerprint density at radius 1 is 1.00 bits per heavy atom. The number of amides is 4. The minimum atomic E-state index is -4.01. The number of aromatic nitrogens is 2. The zero-order chi connectivity index (χ0) is 40.4. The summed E-state index contributed by atoms with van der Waals surface area (Å²) in [5.74, 6) is -1.24. The molecule has 10 atom stereocenters. The number of carbonyl (C=O) groups is 4. The Hall–Kier alpha value is -4.47. The highest BCUT2D eigenvalue weighted by molar-refractivity contribution is 7.91. The molecule has 4 saturated carbocycles. The standard InChI is InChI=1S/C41H54N6O9S/c1-5-47-36(49)31-13-9-8-12-30(31)35(44-47)55-29-20-32-34(48)43-41(38(51)45-57(53,54)40(4)14-15-40)21-27(41)11-7-6-10-23(2)16-24(3)33(37(50)46(32)22-29)42-39(52)56-28-18-25-17-26(25)19-28/h7-9,11-13,23-29,32-33H,5-6,10,14-22H2,1-4H3,(H,42,52)(H,43,48)(H,45,51)/b11-7-/t23-,24+,25-,26+,27+,28?,29+,32-,33-,41+/m0/s1. The van der Waals surface area contributed by atoms with E-state index in [4.69, 9.17) is 9.47 Å². The highest BCUT2D eigenvalue weighted by Gasteiger charge is 2.63. The summed E-state index contributed by atoms with van der Waals surface area (Å²) in [5, 5.41) is 11.2. The number of nitrogens with zero attached hydrogens (tertiary/aromatic N) is 3. The van der Waals surface area contributed by atoms with Gasteiger partial charge in [0.1, 0.15) is 29.8 Å². The van der Waals surface area contributed by atoms with Gasteiger partial charge >= 0.3 is 6.09 Å². The summed E-state index contributed by atoms with van der Waals surface area (Å²) in [7, 11) is -4.01. The Labute approximate surface area is 332 Å². The van der Waals surface area contributed by atoms with E-state index in [1.54, 1.807) is 38.1 Å². The highest BCUT2D eigenvalue weighted by atomic mass is 32.2. The van der Waals surface area contributed by atoms with Gasteiger partial charge in [-0.3, -0.25) is 23.9 Å². The average molecular weight is 807 g/mol. The van der Waals surface area contributed by atoms with E-state index in [1.807, 2.05) is 19.1 Å². The second kappa shape index (κ2) is 14.7. The van der Waals surface area contributed by atoms with Crippen LogP contribution in [0.15, 0.2) is 41.2 Å². The van der Waals surface area contributed by atoms with Crippen molar-refractivity contribution in [2.24, 2.45) is 29.6 Å². The fraction of sp³-hybridized carbons (Fsp3) is 0.659. The van der Waals surface area contributed by atoms with Crippen molar-refractivity contribution >= 4 is 44.6 Å². The molecule has 1 unspecified atom stereocenters. The third-order valence-electron chi connectivity index (χ3n) is 13.4. The first-order valence-corrected chi connectivity index (χ1v) is 22.1. The molecule has 1 aromatic carbocycles. The lowest BCUT2D eigenvalue weighted by molar-refractivity contribution is -0.142. The molecule has 2 aromatic rings. The maximum atomic E-state index is 14.9. The van der Waals surface area contributed by atoms with Crippen molar-refractivity contribution in [2.45, 2.75) is 133 Å². The molecular formula is C41H54N6O9S. The van der Waals surface area contributed by atoms with Gasteiger partial charge in [-0.05, 0) is 107 Å². The molecule has 15 nitrogen and oxygen atoms in total. The number of alkyl carbamates (subject to hydrolysis) is 1. The van der Waals surface area contributed by atoms with Crippen molar-refractivity contribution < 1.29 is 37.1 Å². The van der Waals surface area contributed by atoms with E-state index in [2.05, 4.69) is 27.4 Å². The zero-order valence-electron chi connectivity index (χ0n) is 33.1. The smallest absolute Gasteiger partial charge is 0.408 e. The number of rotatable bonds is 8. The molecule has 4 aliphatic carbocycles. The van der Waals surface area contributed by atoms with Crippen molar-refractivity contribution in [3.8, 4) is 5.88 Å². The highest BCUT2D eigenvalue weighted by Crippen LogP contribution is 2.52. The molecule has 3 heterocycles. The SMILES string of the molecule is CCn1nc(O[C@@H]2C[C@H]3C(=O)N[C@]4(C(=O)NS(=O)(=O)C5(C)CC5)C[C@H]4/C=C\CC[C@H](C)C[C@@H](C)[C@H](NC(=O)OC4C[C@@H]5C[C@@H]5C4)C(=O)N3C2)c2ccccc2c1=O. The van der Waals surface area contributed by atoms with Crippen LogP contribution >= 0.6 is 0 Å². The molecule has 1 aromatic heterocycles. The zero-order valence-corrected chi connectivity index (χ0v) is 33.9. The molecule has 4 amide bonds. The van der Waals surface area contributed by atoms with E-state index in [-0.39, 0.29) is 55.3 Å². The summed E-state index contributed by atoms with van der Waals surface area (Å²) in [4.78, 5) is 71.4. The third-order valence-corrected chi connectivity index (χ3v) is 15.6. The Kier molecular flexibility index (Phi) is 10.2. The minimum absolute atomic E-state index is 0.000206. The molecule has 2 aliphatic heterocycles. The molecular weight excluding hydrogens is 753 g/mol. The fourth-order valence-electron chi connectivity index (χ4n) is 9.33. The van der Waals surface area contributed by atoms with Gasteiger partial charge in [-0.2, -0.15) is 0 Å². The number of benzene rings is 1. The van der Waals surface area contributed by atoms with Crippen LogP contribution in [0.1, 0.15) is 91.9 Å². The molecule has 0 radical (unpaired) electrons. The lowest BCUT2D eigenvalue weighted by atomic mass is 9.88. The van der Waals surface area contributed by atoms with Crippen LogP contribution in [0.2, 0.25) is 0 Å². The topological polar surface area (TPSA) is 195 Å². The van der Waals surface area contributed by atoms with Crippen LogP contribution in [0.25, 0.3) is 10.8 Å². The van der Waals surface area contributed by atoms with Gasteiger partial charge in [0.25, 0.3) is 11.5 Å². The normalized spacial score (nSPS) is 35.0. The first kappa shape index (κ1) is 39.4. The summed E-state index contributed by atoms with van der Waals surface area (Å²) < 4.78 is 41.3. The first-order valence-electron chi connectivity index (χ1n) is 20.6. The number of hydrogen-bond acceptors (Lipinski definition) is 10. The molecule has 57 heavy (non-hydrogen) atoms. The van der Waals surface area contributed by atoms with Crippen LogP contribution in [0.4, 0.5) is 4.79 Å². The van der Waals surface area contributed by atoms with Crippen LogP contribution in [-0.4, -0.2) is 88.0 Å². The number of fused-ring (bicyclic) bond motifs is 4. The van der Waals surface area contributed by atoms with Gasteiger partial charge in [0.2, 0.25) is 27.7 Å². The van der Waals surface area contributed by atoms with Crippen LogP contribution < -0.4 is 25.7 Å². The number of sulfonamides is 1. The number of aryl methyl sites for hydroxylation is 1. The van der Waals surface area contributed by atoms with E-state index < -0.39 is 68.2 Å². The molecule has 3 N–H and O–H groups in total. The summed E-state index contributed by atoms with van der Waals surface area (Å²) in [6.45, 7) is 7.61. The van der Waals surface area contributed by atoms with Crippen molar-refractivity contribution in [3.05, 3.63) is 46.8 Å². The molecule has 308 valence electrons. The van der Waals surface area contributed by atoms with Gasteiger partial charge in [-0.1, -0.05) is 38.1 Å². The van der Waals surface area contributed by atoms with E-state index in [0.29, 0.717) is 48.3 Å². The quantitative estimate of drug-likeness (QED) is 0.332. The number of ether oxygens (including phenoxy) is 2. The number of hydrogen-bond donors (Lipinski definition) is 3. The Bertz CT molecular complexity index is 2160. The fourth-order valence-corrected chi connectivity index (χ4v) is 10.6. The average Bonchev–Trinajstić information content (AvgIpc) is 4.13. The maximum absolute atomic E-state index is 14.9. The molecule has 8 rings (SSSR count). The van der Waals surface area contributed by atoms with Crippen molar-refractivity contribution in [1.29, 1.82) is 0 Å². The number of nitrogens with one attached hydrogen (secondary N) is 3. The summed E-state index contributed by atoms with van der Waals surface area (Å²) in [5.41, 5.74) is -1.82. The van der Waals surface area contributed by atoms with Gasteiger partial charge in [0, 0.05) is 18.9 Å². The van der Waals surface area contributed by atoms with Gasteiger partial charge in [-0.25, -0.2) is 17.9 Å². The number of allylic oxidation sites excluding steroid dienone is 1. The van der Waals surface area contributed by atoms with Crippen LogP contribution in [-0.2, 0) is 35.7 Å². The lowest BCUT2D eigenvalue weighted by Crippen LogP contribution is -2.59. The summed E-state index contributed by atoms with van der Waals surface area (Å²) in [6, 6.07) is 4.74. The van der Waals surface area contributed by atoms with E-state index in [9.17, 15) is 32.4 Å². The van der Waals surface area contributed by atoms with E-state index >= 15 is 0 Å². The molecule has 5 fully saturated rings. The second-order valence-corrected chi connectivity index (χ2v) is 20.0. The molecule has 16 heteroatoms. The number of carbonyl (C=O) groups excluding carboxylic acids is 4. The van der Waals surface area contributed by atoms with Crippen molar-refractivity contribution in [3.63, 3.8) is 0 Å². The molecule has 0 bridgehead atoms. The molecule has 6 aliphatic rings. The Balaban J connectivity index is 1.12. The Morgan fingerprint density at radius 3 is 2.42 bits per heavy atom. The minimum Gasteiger partial charge on any atom is -0.471 e. The second-order valence-electron chi connectivity index (χ2n) is 17.8. The predicted molar refractivity (Wildman–Crippen MR) is 209 cm³/mol. The van der Waals surface area contributed by atoms with Gasteiger partial charge in [-0.15, -0.1) is 5.10 Å². The summed E-state index contributed by atoms with van der Waals surface area (Å²) >= 11 is 0. The lowest BCUT2D eigenvalue weighted by Gasteiger charge is -2.33. The third kappa shape index (κ3) is 7.65. The van der Waals surface area contributed by atoms with Crippen molar-refractivity contribution in [1.82, 2.24) is 30.0 Å². The predicted octanol–water partition coefficient (Wildman–Crippen LogP) is 3.54. The van der Waals surface area contributed by atoms with Crippen LogP contribution in [0, 0.1) is 29.6 Å². The maximum Gasteiger partial charge on any atom is 0.408 e. The van der Waals surface area contributed by atoms with E-state index in [1.165, 1.54) is 9.58 Å². The first-order chi connectivity index (χ1) is 27.1. The van der Waals surface area contributed by atoms with Crippen LogP contribution in [0.5, 0.6) is 5.88 Å². The molecule has 0 spiro atoms. The largest absolute Gasteiger partial charge is 0.471 e. The van der Waals surface area contributed by atoms with Gasteiger partial charge in [0.05, 0.1) is 22.1 Å². The Morgan fingerprint density at radius 2 is 1.72 bits per heavy atom. The monoisotopic (exact) mass is 806 g/mol. The van der Waals surface area contributed by atoms with Gasteiger partial charge in [0.15, 0.2) is 0 Å². The van der Waals surface area contributed by atoms with E-state index in [0.717, 1.165) is 25.7 Å². The summed E-state index contributed by atoms with van der Waals surface area (Å²) in [6.07, 6.45) is 8.07. The van der Waals surface area contributed by atoms with Crippen molar-refractivity contribution in [2.75, 3.05) is 6.54 Å². The van der Waals surface area contributed by atoms with Crippen LogP contribution in [0.3, 0.4) is 0 Å². The molecule has 1 saturated heterocycles. The van der Waals surface area contributed by atoms with Gasteiger partial charge < -0.3 is 25.0 Å².